The molecule has 0 N–H and O–H groups in total. The first kappa shape index (κ1) is 17.4. The number of fused-ring (bicyclic) bond motifs is 1. The van der Waals surface area contributed by atoms with Gasteiger partial charge in [0.2, 0.25) is 0 Å². The smallest absolute Gasteiger partial charge is 0.339 e. The second kappa shape index (κ2) is 7.19. The second-order valence-electron chi connectivity index (χ2n) is 5.97. The molecule has 1 amide bonds. The first-order valence-corrected chi connectivity index (χ1v) is 9.54. The zero-order valence-electron chi connectivity index (χ0n) is 14.1. The molecule has 130 valence electrons. The van der Waals surface area contributed by atoms with E-state index in [0.717, 1.165) is 17.7 Å². The molecule has 0 saturated carbocycles. The number of hydrogen-bond acceptors (Lipinski definition) is 4. The number of amides is 1. The average Bonchev–Trinajstić information content (AvgIpc) is 2.95. The molecule has 3 rings (SSSR count). The van der Waals surface area contributed by atoms with Gasteiger partial charge in [-0.3, -0.25) is 9.00 Å². The van der Waals surface area contributed by atoms with Gasteiger partial charge >= 0.3 is 5.97 Å². The van der Waals surface area contributed by atoms with Crippen LogP contribution in [0.1, 0.15) is 22.8 Å². The molecule has 0 unspecified atom stereocenters. The van der Waals surface area contributed by atoms with Crippen molar-refractivity contribution in [1.29, 1.82) is 0 Å². The summed E-state index contributed by atoms with van der Waals surface area (Å²) in [4.78, 5) is 26.9. The van der Waals surface area contributed by atoms with Crippen LogP contribution in [0.5, 0.6) is 0 Å². The standard InChI is InChI=1S/C19H19NO4S/c1-13-11-14-7-3-5-9-16(14)20(13)18(21)12-24-19(22)15-8-4-6-10-17(15)25(2)23/h3-10,13H,11-12H2,1-2H3/t13-,25+/m0/s1. The Kier molecular flexibility index (Phi) is 4.99. The highest BCUT2D eigenvalue weighted by Crippen LogP contribution is 2.31. The summed E-state index contributed by atoms with van der Waals surface area (Å²) in [6, 6.07) is 14.3. The Labute approximate surface area is 149 Å². The summed E-state index contributed by atoms with van der Waals surface area (Å²) in [7, 11) is -1.31. The number of benzene rings is 2. The quantitative estimate of drug-likeness (QED) is 0.789. The molecule has 0 fully saturated rings. The first-order chi connectivity index (χ1) is 12.0. The molecule has 25 heavy (non-hydrogen) atoms. The number of nitrogens with zero attached hydrogens (tertiary/aromatic N) is 1. The number of carbonyl (C=O) groups is 2. The van der Waals surface area contributed by atoms with Crippen molar-refractivity contribution in [3.05, 3.63) is 59.7 Å². The molecule has 1 aliphatic rings. The lowest BCUT2D eigenvalue weighted by Gasteiger charge is -2.22. The molecule has 0 bridgehead atoms. The van der Waals surface area contributed by atoms with Gasteiger partial charge in [0.25, 0.3) is 5.91 Å². The Bertz CT molecular complexity index is 849. The van der Waals surface area contributed by atoms with Gasteiger partial charge in [0.15, 0.2) is 6.61 Å². The molecule has 0 spiro atoms. The number of hydrogen-bond donors (Lipinski definition) is 0. The van der Waals surface area contributed by atoms with Crippen LogP contribution in [-0.4, -0.2) is 35.0 Å². The number of ether oxygens (including phenoxy) is 1. The maximum absolute atomic E-state index is 12.6. The third-order valence-electron chi connectivity index (χ3n) is 4.22. The molecule has 1 heterocycles. The summed E-state index contributed by atoms with van der Waals surface area (Å²) in [6.45, 7) is 1.62. The number of carbonyl (C=O) groups excluding carboxylic acids is 2. The summed E-state index contributed by atoms with van der Waals surface area (Å²) in [5.74, 6) is -0.903. The molecule has 0 radical (unpaired) electrons. The van der Waals surface area contributed by atoms with Crippen molar-refractivity contribution in [3.63, 3.8) is 0 Å². The Morgan fingerprint density at radius 1 is 1.16 bits per heavy atom. The van der Waals surface area contributed by atoms with Gasteiger partial charge in [-0.2, -0.15) is 0 Å². The van der Waals surface area contributed by atoms with Crippen LogP contribution >= 0.6 is 0 Å². The monoisotopic (exact) mass is 357 g/mol. The zero-order valence-corrected chi connectivity index (χ0v) is 14.9. The minimum atomic E-state index is -1.31. The SMILES string of the molecule is C[C@H]1Cc2ccccc2N1C(=O)COC(=O)c1ccccc1[S@@](C)=O. The van der Waals surface area contributed by atoms with Gasteiger partial charge in [-0.15, -0.1) is 0 Å². The summed E-state index contributed by atoms with van der Waals surface area (Å²) in [5.41, 5.74) is 2.21. The van der Waals surface area contributed by atoms with Crippen LogP contribution in [0.25, 0.3) is 0 Å². The lowest BCUT2D eigenvalue weighted by atomic mass is 10.1. The third-order valence-corrected chi connectivity index (χ3v) is 5.19. The van der Waals surface area contributed by atoms with Gasteiger partial charge in [0.05, 0.1) is 21.3 Å². The highest BCUT2D eigenvalue weighted by atomic mass is 32.2. The number of para-hydroxylation sites is 1. The van der Waals surface area contributed by atoms with E-state index in [2.05, 4.69) is 0 Å². The Balaban J connectivity index is 1.71. The van der Waals surface area contributed by atoms with Crippen LogP contribution in [0.4, 0.5) is 5.69 Å². The molecule has 0 saturated heterocycles. The van der Waals surface area contributed by atoms with E-state index in [1.807, 2.05) is 31.2 Å². The minimum Gasteiger partial charge on any atom is -0.452 e. The molecule has 2 atom stereocenters. The average molecular weight is 357 g/mol. The van der Waals surface area contributed by atoms with Crippen molar-refractivity contribution in [2.24, 2.45) is 0 Å². The van der Waals surface area contributed by atoms with Gasteiger partial charge in [0, 0.05) is 18.0 Å². The highest BCUT2D eigenvalue weighted by Gasteiger charge is 2.31. The summed E-state index contributed by atoms with van der Waals surface area (Å²) in [5, 5.41) is 0. The van der Waals surface area contributed by atoms with Gasteiger partial charge in [-0.1, -0.05) is 30.3 Å². The maximum Gasteiger partial charge on any atom is 0.339 e. The van der Waals surface area contributed by atoms with Gasteiger partial charge in [-0.25, -0.2) is 4.79 Å². The van der Waals surface area contributed by atoms with Crippen molar-refractivity contribution in [2.45, 2.75) is 24.3 Å². The fourth-order valence-electron chi connectivity index (χ4n) is 3.11. The van der Waals surface area contributed by atoms with E-state index in [1.54, 1.807) is 29.2 Å². The number of anilines is 1. The summed E-state index contributed by atoms with van der Waals surface area (Å²) < 4.78 is 16.9. The minimum absolute atomic E-state index is 0.0269. The van der Waals surface area contributed by atoms with Crippen LogP contribution in [0, 0.1) is 0 Å². The van der Waals surface area contributed by atoms with Crippen LogP contribution in [0.15, 0.2) is 53.4 Å². The Hall–Kier alpha value is -2.47. The van der Waals surface area contributed by atoms with Crippen LogP contribution < -0.4 is 4.90 Å². The van der Waals surface area contributed by atoms with Crippen LogP contribution in [0.2, 0.25) is 0 Å². The van der Waals surface area contributed by atoms with Crippen LogP contribution in [-0.2, 0) is 26.8 Å². The van der Waals surface area contributed by atoms with Crippen molar-refractivity contribution >= 4 is 28.4 Å². The Morgan fingerprint density at radius 3 is 2.60 bits per heavy atom. The van der Waals surface area contributed by atoms with Crippen molar-refractivity contribution in [1.82, 2.24) is 0 Å². The van der Waals surface area contributed by atoms with Crippen LogP contribution in [0.3, 0.4) is 0 Å². The molecule has 0 aromatic heterocycles. The normalized spacial score (nSPS) is 17.0. The van der Waals surface area contributed by atoms with E-state index in [-0.39, 0.29) is 24.1 Å². The number of rotatable bonds is 4. The topological polar surface area (TPSA) is 63.7 Å². The molecular formula is C19H19NO4S. The van der Waals surface area contributed by atoms with E-state index in [0.29, 0.717) is 4.90 Å². The lowest BCUT2D eigenvalue weighted by molar-refractivity contribution is -0.122. The fraction of sp³-hybridized carbons (Fsp3) is 0.263. The van der Waals surface area contributed by atoms with E-state index < -0.39 is 16.8 Å². The predicted molar refractivity (Wildman–Crippen MR) is 96.2 cm³/mol. The van der Waals surface area contributed by atoms with E-state index in [9.17, 15) is 13.8 Å². The summed E-state index contributed by atoms with van der Waals surface area (Å²) >= 11 is 0. The zero-order chi connectivity index (χ0) is 18.0. The first-order valence-electron chi connectivity index (χ1n) is 7.98. The van der Waals surface area contributed by atoms with Gasteiger partial charge in [-0.05, 0) is 37.1 Å². The second-order valence-corrected chi connectivity index (χ2v) is 7.32. The molecule has 6 heteroatoms. The van der Waals surface area contributed by atoms with Crippen molar-refractivity contribution in [2.75, 3.05) is 17.8 Å². The van der Waals surface area contributed by atoms with E-state index >= 15 is 0 Å². The molecule has 2 aromatic carbocycles. The maximum atomic E-state index is 12.6. The predicted octanol–water partition coefficient (Wildman–Crippen LogP) is 2.56. The Morgan fingerprint density at radius 2 is 1.84 bits per heavy atom. The third kappa shape index (κ3) is 3.49. The molecule has 0 aliphatic carbocycles. The van der Waals surface area contributed by atoms with Crippen molar-refractivity contribution in [3.8, 4) is 0 Å². The van der Waals surface area contributed by atoms with Gasteiger partial charge < -0.3 is 9.64 Å². The van der Waals surface area contributed by atoms with Crippen molar-refractivity contribution < 1.29 is 18.5 Å². The fourth-order valence-corrected chi connectivity index (χ4v) is 3.84. The van der Waals surface area contributed by atoms with Gasteiger partial charge in [0.1, 0.15) is 0 Å². The highest BCUT2D eigenvalue weighted by molar-refractivity contribution is 7.84. The molecule has 2 aromatic rings. The molecular weight excluding hydrogens is 338 g/mol. The van der Waals surface area contributed by atoms with E-state index in [4.69, 9.17) is 4.74 Å². The molecule has 5 nitrogen and oxygen atoms in total. The lowest BCUT2D eigenvalue weighted by Crippen LogP contribution is -2.38. The number of esters is 1. The van der Waals surface area contributed by atoms with E-state index in [1.165, 1.54) is 6.26 Å². The molecule has 1 aliphatic heterocycles. The largest absolute Gasteiger partial charge is 0.452 e. The summed E-state index contributed by atoms with van der Waals surface area (Å²) in [6.07, 6.45) is 2.29.